The number of guanidine groups is 1. The van der Waals surface area contributed by atoms with Crippen molar-refractivity contribution in [1.82, 2.24) is 5.32 Å². The number of nitrogens with zero attached hydrogens (tertiary/aromatic N) is 1. The Morgan fingerprint density at radius 3 is 2.63 bits per heavy atom. The fourth-order valence-electron chi connectivity index (χ4n) is 3.33. The summed E-state index contributed by atoms with van der Waals surface area (Å²) in [5.74, 6) is 0.613. The van der Waals surface area contributed by atoms with Crippen molar-refractivity contribution in [3.05, 3.63) is 59.7 Å². The Kier molecular flexibility index (Phi) is 9.18. The number of nitrogens with two attached hydrogens (primary N) is 2. The minimum Gasteiger partial charge on any atom is -0.370 e. The molecule has 5 heteroatoms. The fourth-order valence-corrected chi connectivity index (χ4v) is 3.33. The van der Waals surface area contributed by atoms with Crippen molar-refractivity contribution in [2.24, 2.45) is 16.5 Å². The van der Waals surface area contributed by atoms with Gasteiger partial charge < -0.3 is 16.8 Å². The van der Waals surface area contributed by atoms with Crippen LogP contribution in [0.1, 0.15) is 56.4 Å². The lowest BCUT2D eigenvalue weighted by Crippen LogP contribution is -2.25. The van der Waals surface area contributed by atoms with Gasteiger partial charge in [-0.1, -0.05) is 48.6 Å². The summed E-state index contributed by atoms with van der Waals surface area (Å²) in [5.41, 5.74) is 13.3. The Bertz CT molecular complexity index is 660. The van der Waals surface area contributed by atoms with E-state index in [-0.39, 0.29) is 11.9 Å². The molecule has 5 N–H and O–H groups in total. The lowest BCUT2D eigenvalue weighted by atomic mass is 9.84. The number of hydrogen-bond donors (Lipinski definition) is 3. The van der Waals surface area contributed by atoms with Crippen LogP contribution < -0.4 is 16.8 Å². The number of nitrogens with one attached hydrogen (secondary N) is 1. The molecule has 27 heavy (non-hydrogen) atoms. The fraction of sp³-hybridized carbons (Fsp3) is 0.455. The quantitative estimate of drug-likeness (QED) is 0.317. The van der Waals surface area contributed by atoms with Crippen LogP contribution in [-0.4, -0.2) is 25.0 Å². The second kappa shape index (κ2) is 11.9. The molecule has 0 fully saturated rings. The molecule has 1 aromatic carbocycles. The molecular weight excluding hydrogens is 336 g/mol. The number of aliphatic imine (C=N–C) groups is 1. The van der Waals surface area contributed by atoms with Crippen molar-refractivity contribution in [2.75, 3.05) is 13.1 Å². The molecule has 1 aliphatic carbocycles. The molecule has 1 aromatic rings. The molecule has 0 heterocycles. The zero-order chi connectivity index (χ0) is 19.3. The van der Waals surface area contributed by atoms with Crippen LogP contribution >= 0.6 is 0 Å². The van der Waals surface area contributed by atoms with Crippen molar-refractivity contribution in [3.8, 4) is 0 Å². The van der Waals surface area contributed by atoms with Gasteiger partial charge in [0.25, 0.3) is 0 Å². The summed E-state index contributed by atoms with van der Waals surface area (Å²) in [6.45, 7) is 1.29. The van der Waals surface area contributed by atoms with E-state index < -0.39 is 0 Å². The molecule has 0 aliphatic heterocycles. The van der Waals surface area contributed by atoms with Gasteiger partial charge in [-0.25, -0.2) is 0 Å². The van der Waals surface area contributed by atoms with Crippen LogP contribution in [0, 0.1) is 0 Å². The smallest absolute Gasteiger partial charge is 0.219 e. The lowest BCUT2D eigenvalue weighted by Gasteiger charge is -2.21. The van der Waals surface area contributed by atoms with Crippen LogP contribution in [0.5, 0.6) is 0 Å². The molecule has 0 aromatic heterocycles. The Labute approximate surface area is 162 Å². The van der Waals surface area contributed by atoms with E-state index in [1.807, 2.05) is 6.07 Å². The Morgan fingerprint density at radius 1 is 1.11 bits per heavy atom. The maximum atomic E-state index is 12.1. The van der Waals surface area contributed by atoms with Crippen LogP contribution in [0.25, 0.3) is 0 Å². The molecular formula is C22H32N4O. The number of allylic oxidation sites excluding steroid dienone is 4. The van der Waals surface area contributed by atoms with Gasteiger partial charge in [0, 0.05) is 25.4 Å². The van der Waals surface area contributed by atoms with Crippen molar-refractivity contribution < 1.29 is 4.79 Å². The van der Waals surface area contributed by atoms with Gasteiger partial charge in [-0.3, -0.25) is 9.79 Å². The highest BCUT2D eigenvalue weighted by atomic mass is 16.1. The molecule has 146 valence electrons. The van der Waals surface area contributed by atoms with Crippen molar-refractivity contribution >= 4 is 11.9 Å². The maximum Gasteiger partial charge on any atom is 0.219 e. The highest BCUT2D eigenvalue weighted by molar-refractivity contribution is 5.76. The number of carbonyl (C=O) groups excluding carboxylic acids is 1. The number of hydrogen-bond acceptors (Lipinski definition) is 2. The summed E-state index contributed by atoms with van der Waals surface area (Å²) in [6.07, 6.45) is 13.2. The van der Waals surface area contributed by atoms with E-state index in [0.717, 1.165) is 38.5 Å². The van der Waals surface area contributed by atoms with E-state index in [4.69, 9.17) is 11.5 Å². The average molecular weight is 369 g/mol. The standard InChI is InChI=1S/C22H32N4O/c23-22(24)26-17-8-7-16-25-21(27)15-9-14-20(18-10-3-1-4-11-18)19-12-5-2-6-13-19/h1,3-5,10-13,20H,2,6-9,14-17H2,(H,25,27)(H4,23,24,26). The number of amides is 1. The summed E-state index contributed by atoms with van der Waals surface area (Å²) in [6, 6.07) is 10.6. The monoisotopic (exact) mass is 368 g/mol. The molecule has 1 unspecified atom stereocenters. The summed E-state index contributed by atoms with van der Waals surface area (Å²) >= 11 is 0. The third-order valence-corrected chi connectivity index (χ3v) is 4.73. The molecule has 5 nitrogen and oxygen atoms in total. The average Bonchev–Trinajstić information content (AvgIpc) is 2.69. The van der Waals surface area contributed by atoms with Crippen molar-refractivity contribution in [1.29, 1.82) is 0 Å². The first-order valence-corrected chi connectivity index (χ1v) is 9.90. The van der Waals surface area contributed by atoms with Gasteiger partial charge in [0.05, 0.1) is 0 Å². The summed E-state index contributed by atoms with van der Waals surface area (Å²) in [7, 11) is 0. The Balaban J connectivity index is 1.73. The highest BCUT2D eigenvalue weighted by Crippen LogP contribution is 2.32. The van der Waals surface area contributed by atoms with E-state index in [2.05, 4.69) is 52.8 Å². The predicted molar refractivity (Wildman–Crippen MR) is 112 cm³/mol. The molecule has 0 saturated carbocycles. The van der Waals surface area contributed by atoms with Gasteiger partial charge in [0.2, 0.25) is 5.91 Å². The lowest BCUT2D eigenvalue weighted by molar-refractivity contribution is -0.121. The first-order chi connectivity index (χ1) is 13.2. The van der Waals surface area contributed by atoms with Crippen LogP contribution in [0.3, 0.4) is 0 Å². The van der Waals surface area contributed by atoms with Gasteiger partial charge >= 0.3 is 0 Å². The third kappa shape index (κ3) is 8.11. The van der Waals surface area contributed by atoms with E-state index in [9.17, 15) is 4.79 Å². The second-order valence-electron chi connectivity index (χ2n) is 6.90. The first kappa shape index (κ1) is 20.7. The number of benzene rings is 1. The zero-order valence-electron chi connectivity index (χ0n) is 16.1. The molecule has 2 rings (SSSR count). The highest BCUT2D eigenvalue weighted by Gasteiger charge is 2.16. The number of unbranched alkanes of at least 4 members (excludes halogenated alkanes) is 1. The van der Waals surface area contributed by atoms with Crippen LogP contribution in [0.15, 0.2) is 59.1 Å². The van der Waals surface area contributed by atoms with Gasteiger partial charge in [0.15, 0.2) is 5.96 Å². The zero-order valence-corrected chi connectivity index (χ0v) is 16.1. The van der Waals surface area contributed by atoms with Gasteiger partial charge in [-0.2, -0.15) is 0 Å². The van der Waals surface area contributed by atoms with E-state index >= 15 is 0 Å². The molecule has 1 atom stereocenters. The Hall–Kier alpha value is -2.56. The molecule has 1 amide bonds. The minimum atomic E-state index is 0.120. The Morgan fingerprint density at radius 2 is 1.93 bits per heavy atom. The summed E-state index contributed by atoms with van der Waals surface area (Å²) in [4.78, 5) is 16.0. The maximum absolute atomic E-state index is 12.1. The van der Waals surface area contributed by atoms with E-state index in [1.165, 1.54) is 11.1 Å². The molecule has 0 bridgehead atoms. The van der Waals surface area contributed by atoms with Gasteiger partial charge in [-0.05, 0) is 49.7 Å². The SMILES string of the molecule is NC(N)=NCCCCNC(=O)CCCC(C1=CCCC=C1)c1ccccc1. The number of carbonyl (C=O) groups is 1. The van der Waals surface area contributed by atoms with Crippen LogP contribution in [0.2, 0.25) is 0 Å². The van der Waals surface area contributed by atoms with Crippen molar-refractivity contribution in [2.45, 2.75) is 50.9 Å². The van der Waals surface area contributed by atoms with Crippen LogP contribution in [0.4, 0.5) is 0 Å². The van der Waals surface area contributed by atoms with Crippen molar-refractivity contribution in [3.63, 3.8) is 0 Å². The number of rotatable bonds is 11. The van der Waals surface area contributed by atoms with E-state index in [0.29, 0.717) is 25.4 Å². The summed E-state index contributed by atoms with van der Waals surface area (Å²) < 4.78 is 0. The minimum absolute atomic E-state index is 0.120. The second-order valence-corrected chi connectivity index (χ2v) is 6.90. The van der Waals surface area contributed by atoms with Crippen LogP contribution in [-0.2, 0) is 4.79 Å². The van der Waals surface area contributed by atoms with Gasteiger partial charge in [0.1, 0.15) is 0 Å². The molecule has 1 aliphatic rings. The first-order valence-electron chi connectivity index (χ1n) is 9.90. The molecule has 0 spiro atoms. The predicted octanol–water partition coefficient (Wildman–Crippen LogP) is 3.39. The normalized spacial score (nSPS) is 14.3. The van der Waals surface area contributed by atoms with E-state index in [1.54, 1.807) is 0 Å². The van der Waals surface area contributed by atoms with Gasteiger partial charge in [-0.15, -0.1) is 0 Å². The molecule has 0 radical (unpaired) electrons. The molecule has 0 saturated heterocycles. The topological polar surface area (TPSA) is 93.5 Å². The third-order valence-electron chi connectivity index (χ3n) is 4.73. The largest absolute Gasteiger partial charge is 0.370 e. The summed E-state index contributed by atoms with van der Waals surface area (Å²) in [5, 5.41) is 2.99.